The summed E-state index contributed by atoms with van der Waals surface area (Å²) in [5, 5.41) is 15.3. The van der Waals surface area contributed by atoms with Crippen molar-refractivity contribution >= 4 is 10.9 Å². The van der Waals surface area contributed by atoms with E-state index in [9.17, 15) is 5.11 Å². The fourth-order valence-electron chi connectivity index (χ4n) is 3.10. The molecule has 2 aromatic rings. The minimum atomic E-state index is -0.638. The molecule has 3 rings (SSSR count). The number of hydrogen-bond donors (Lipinski definition) is 3. The zero-order chi connectivity index (χ0) is 15.0. The largest absolute Gasteiger partial charge is 0.389 e. The van der Waals surface area contributed by atoms with Crippen LogP contribution in [0.15, 0.2) is 24.3 Å². The molecule has 1 aliphatic rings. The lowest BCUT2D eigenvalue weighted by Gasteiger charge is -2.32. The Bertz CT molecular complexity index is 627. The van der Waals surface area contributed by atoms with E-state index in [4.69, 9.17) is 0 Å². The monoisotopic (exact) mass is 286 g/mol. The van der Waals surface area contributed by atoms with Crippen molar-refractivity contribution in [3.8, 4) is 0 Å². The summed E-state index contributed by atoms with van der Waals surface area (Å²) in [5.74, 6) is 0.261. The van der Waals surface area contributed by atoms with Crippen LogP contribution in [0, 0.1) is 5.92 Å². The lowest BCUT2D eigenvalue weighted by molar-refractivity contribution is 0.0114. The molecule has 0 saturated carbocycles. The van der Waals surface area contributed by atoms with Crippen molar-refractivity contribution in [2.75, 3.05) is 6.54 Å². The molecule has 0 radical (unpaired) electrons. The minimum Gasteiger partial charge on any atom is -0.389 e. The van der Waals surface area contributed by atoms with Crippen molar-refractivity contribution in [3.05, 3.63) is 35.5 Å². The van der Waals surface area contributed by atoms with Crippen molar-refractivity contribution in [2.45, 2.75) is 51.7 Å². The van der Waals surface area contributed by atoms with Crippen molar-refractivity contribution in [1.82, 2.24) is 10.3 Å². The third kappa shape index (κ3) is 2.85. The molecule has 1 aliphatic carbocycles. The van der Waals surface area contributed by atoms with Gasteiger partial charge in [0.15, 0.2) is 0 Å². The first-order chi connectivity index (χ1) is 9.97. The highest BCUT2D eigenvalue weighted by Crippen LogP contribution is 2.29. The van der Waals surface area contributed by atoms with Gasteiger partial charge in [-0.15, -0.1) is 0 Å². The highest BCUT2D eigenvalue weighted by molar-refractivity contribution is 5.84. The topological polar surface area (TPSA) is 48.0 Å². The molecule has 3 nitrogen and oxygen atoms in total. The summed E-state index contributed by atoms with van der Waals surface area (Å²) in [5.41, 5.74) is 3.46. The predicted molar refractivity (Wildman–Crippen MR) is 87.6 cm³/mol. The summed E-state index contributed by atoms with van der Waals surface area (Å²) in [7, 11) is 0. The van der Waals surface area contributed by atoms with E-state index in [2.05, 4.69) is 48.4 Å². The maximum atomic E-state index is 10.4. The number of hydrogen-bond acceptors (Lipinski definition) is 2. The zero-order valence-corrected chi connectivity index (χ0v) is 13.2. The van der Waals surface area contributed by atoms with Crippen LogP contribution in [0.3, 0.4) is 0 Å². The third-order valence-electron chi connectivity index (χ3n) is 5.09. The first-order valence-corrected chi connectivity index (χ1v) is 8.01. The van der Waals surface area contributed by atoms with Gasteiger partial charge in [0.1, 0.15) is 0 Å². The van der Waals surface area contributed by atoms with E-state index in [1.165, 1.54) is 22.2 Å². The highest BCUT2D eigenvalue weighted by atomic mass is 16.3. The van der Waals surface area contributed by atoms with Gasteiger partial charge in [-0.25, -0.2) is 0 Å². The lowest BCUT2D eigenvalue weighted by Crippen LogP contribution is -2.47. The number of aliphatic hydroxyl groups is 1. The quantitative estimate of drug-likeness (QED) is 0.809. The standard InChI is InChI=1S/C18H26N2O/c1-12(2)18(3,21)11-19-13-8-9-17-15(10-13)14-6-4-5-7-16(14)20-17/h4-7,12-13,19-21H,8-11H2,1-3H3. The molecular weight excluding hydrogens is 260 g/mol. The average Bonchev–Trinajstić information content (AvgIpc) is 2.83. The number of aryl methyl sites for hydroxylation is 1. The maximum absolute atomic E-state index is 10.4. The van der Waals surface area contributed by atoms with Crippen LogP contribution in [-0.4, -0.2) is 28.3 Å². The molecule has 1 heterocycles. The van der Waals surface area contributed by atoms with Crippen LogP contribution in [0.2, 0.25) is 0 Å². The van der Waals surface area contributed by atoms with Crippen LogP contribution in [-0.2, 0) is 12.8 Å². The number of H-pyrrole nitrogens is 1. The highest BCUT2D eigenvalue weighted by Gasteiger charge is 2.28. The summed E-state index contributed by atoms with van der Waals surface area (Å²) in [6, 6.07) is 9.01. The van der Waals surface area contributed by atoms with Crippen LogP contribution in [0.5, 0.6) is 0 Å². The number of para-hydroxylation sites is 1. The Kier molecular flexibility index (Phi) is 3.80. The molecule has 1 aromatic heterocycles. The minimum absolute atomic E-state index is 0.261. The number of rotatable bonds is 4. The Morgan fingerprint density at radius 2 is 2.14 bits per heavy atom. The SMILES string of the molecule is CC(C)C(C)(O)CNC1CCc2[nH]c3ccccc3c2C1. The van der Waals surface area contributed by atoms with Crippen molar-refractivity contribution in [2.24, 2.45) is 5.92 Å². The Hall–Kier alpha value is -1.32. The summed E-state index contributed by atoms with van der Waals surface area (Å²) in [6.07, 6.45) is 3.27. The fourth-order valence-corrected chi connectivity index (χ4v) is 3.10. The van der Waals surface area contributed by atoms with E-state index in [0.29, 0.717) is 12.6 Å². The Balaban J connectivity index is 1.72. The molecular formula is C18H26N2O. The van der Waals surface area contributed by atoms with E-state index in [0.717, 1.165) is 19.3 Å². The molecule has 2 atom stereocenters. The zero-order valence-electron chi connectivity index (χ0n) is 13.2. The van der Waals surface area contributed by atoms with E-state index < -0.39 is 5.60 Å². The molecule has 2 unspecified atom stereocenters. The van der Waals surface area contributed by atoms with E-state index in [-0.39, 0.29) is 5.92 Å². The molecule has 0 amide bonds. The Morgan fingerprint density at radius 1 is 1.38 bits per heavy atom. The maximum Gasteiger partial charge on any atom is 0.0766 e. The third-order valence-corrected chi connectivity index (χ3v) is 5.09. The summed E-state index contributed by atoms with van der Waals surface area (Å²) >= 11 is 0. The average molecular weight is 286 g/mol. The van der Waals surface area contributed by atoms with E-state index in [1.807, 2.05) is 6.92 Å². The van der Waals surface area contributed by atoms with Crippen LogP contribution >= 0.6 is 0 Å². The van der Waals surface area contributed by atoms with Gasteiger partial charge in [0, 0.05) is 29.2 Å². The van der Waals surface area contributed by atoms with Gasteiger partial charge in [0.05, 0.1) is 5.60 Å². The molecule has 1 aromatic carbocycles. The number of nitrogens with one attached hydrogen (secondary N) is 2. The van der Waals surface area contributed by atoms with Crippen LogP contribution < -0.4 is 5.32 Å². The Labute approximate surface area is 126 Å². The molecule has 0 bridgehead atoms. The summed E-state index contributed by atoms with van der Waals surface area (Å²) in [6.45, 7) is 6.72. The van der Waals surface area contributed by atoms with Gasteiger partial charge >= 0.3 is 0 Å². The van der Waals surface area contributed by atoms with E-state index in [1.54, 1.807) is 0 Å². The van der Waals surface area contributed by atoms with Crippen molar-refractivity contribution < 1.29 is 5.11 Å². The molecule has 0 spiro atoms. The molecule has 0 fully saturated rings. The van der Waals surface area contributed by atoms with E-state index >= 15 is 0 Å². The second kappa shape index (κ2) is 5.47. The molecule has 3 heteroatoms. The number of aromatic amines is 1. The van der Waals surface area contributed by atoms with Crippen LogP contribution in [0.4, 0.5) is 0 Å². The molecule has 0 aliphatic heterocycles. The predicted octanol–water partition coefficient (Wildman–Crippen LogP) is 3.02. The molecule has 114 valence electrons. The normalized spacial score (nSPS) is 21.5. The lowest BCUT2D eigenvalue weighted by atomic mass is 9.89. The number of aromatic nitrogens is 1. The molecule has 21 heavy (non-hydrogen) atoms. The second-order valence-electron chi connectivity index (χ2n) is 6.96. The van der Waals surface area contributed by atoms with Gasteiger partial charge in [0.2, 0.25) is 0 Å². The van der Waals surface area contributed by atoms with Crippen molar-refractivity contribution in [1.29, 1.82) is 0 Å². The van der Waals surface area contributed by atoms with Gasteiger partial charge < -0.3 is 15.4 Å². The van der Waals surface area contributed by atoms with Gasteiger partial charge in [0.25, 0.3) is 0 Å². The molecule has 0 saturated heterocycles. The Morgan fingerprint density at radius 3 is 2.90 bits per heavy atom. The first kappa shape index (κ1) is 14.6. The summed E-state index contributed by atoms with van der Waals surface area (Å²) in [4.78, 5) is 3.55. The number of benzene rings is 1. The smallest absolute Gasteiger partial charge is 0.0766 e. The van der Waals surface area contributed by atoms with Crippen molar-refractivity contribution in [3.63, 3.8) is 0 Å². The van der Waals surface area contributed by atoms with Gasteiger partial charge in [-0.05, 0) is 43.7 Å². The first-order valence-electron chi connectivity index (χ1n) is 8.01. The van der Waals surface area contributed by atoms with Gasteiger partial charge in [-0.2, -0.15) is 0 Å². The second-order valence-corrected chi connectivity index (χ2v) is 6.96. The van der Waals surface area contributed by atoms with Crippen LogP contribution in [0.25, 0.3) is 10.9 Å². The van der Waals surface area contributed by atoms with Gasteiger partial charge in [-0.1, -0.05) is 32.0 Å². The fraction of sp³-hybridized carbons (Fsp3) is 0.556. The summed E-state index contributed by atoms with van der Waals surface area (Å²) < 4.78 is 0. The van der Waals surface area contributed by atoms with Gasteiger partial charge in [-0.3, -0.25) is 0 Å². The number of fused-ring (bicyclic) bond motifs is 3. The van der Waals surface area contributed by atoms with Crippen LogP contribution in [0.1, 0.15) is 38.4 Å². The molecule has 3 N–H and O–H groups in total.